The predicted octanol–water partition coefficient (Wildman–Crippen LogP) is 10.9. The van der Waals surface area contributed by atoms with Crippen LogP contribution in [0.4, 0.5) is 5.69 Å². The van der Waals surface area contributed by atoms with Gasteiger partial charge >= 0.3 is 5.97 Å². The van der Waals surface area contributed by atoms with Gasteiger partial charge in [-0.2, -0.15) is 0 Å². The zero-order valence-electron chi connectivity index (χ0n) is 32.9. The molecule has 55 heavy (non-hydrogen) atoms. The van der Waals surface area contributed by atoms with Crippen molar-refractivity contribution in [2.75, 3.05) is 11.9 Å². The Morgan fingerprint density at radius 2 is 1.25 bits per heavy atom. The van der Waals surface area contributed by atoms with Crippen LogP contribution < -0.4 is 10.1 Å². The molecule has 1 fully saturated rings. The van der Waals surface area contributed by atoms with Crippen LogP contribution in [0.5, 0.6) is 11.5 Å². The van der Waals surface area contributed by atoms with E-state index < -0.39 is 41.4 Å². The summed E-state index contributed by atoms with van der Waals surface area (Å²) >= 11 is 0. The van der Waals surface area contributed by atoms with Crippen LogP contribution in [0.25, 0.3) is 0 Å². The summed E-state index contributed by atoms with van der Waals surface area (Å²) in [6, 6.07) is 19.9. The van der Waals surface area contributed by atoms with Crippen molar-refractivity contribution in [1.82, 2.24) is 4.90 Å². The molecule has 0 radical (unpaired) electrons. The highest BCUT2D eigenvalue weighted by Gasteiger charge is 2.47. The molecule has 3 aromatic carbocycles. The minimum Gasteiger partial charge on any atom is -0.462 e. The predicted molar refractivity (Wildman–Crippen MR) is 216 cm³/mol. The lowest BCUT2D eigenvalue weighted by Crippen LogP contribution is -2.52. The fourth-order valence-corrected chi connectivity index (χ4v) is 7.00. The first kappa shape index (κ1) is 42.9. The average molecular weight is 753 g/mol. The van der Waals surface area contributed by atoms with E-state index in [2.05, 4.69) is 19.2 Å². The zero-order valence-corrected chi connectivity index (χ0v) is 32.9. The third-order valence-electron chi connectivity index (χ3n) is 10.2. The van der Waals surface area contributed by atoms with Gasteiger partial charge in [0.15, 0.2) is 17.6 Å². The maximum Gasteiger partial charge on any atom is 0.338 e. The summed E-state index contributed by atoms with van der Waals surface area (Å²) in [6.07, 6.45) is 18.6. The summed E-state index contributed by atoms with van der Waals surface area (Å²) < 4.78 is 11.7. The third kappa shape index (κ3) is 13.8. The lowest BCUT2D eigenvalue weighted by Gasteiger charge is -2.25. The summed E-state index contributed by atoms with van der Waals surface area (Å²) in [5, 5.41) is 2.75. The molecule has 9 heteroatoms. The molecule has 3 aromatic rings. The molecule has 3 amide bonds. The summed E-state index contributed by atoms with van der Waals surface area (Å²) in [6.45, 7) is 4.61. The molecule has 0 spiro atoms. The van der Waals surface area contributed by atoms with Gasteiger partial charge in [0.1, 0.15) is 5.75 Å². The van der Waals surface area contributed by atoms with E-state index in [0.29, 0.717) is 12.2 Å². The number of esters is 1. The number of benzene rings is 3. The molecular weight excluding hydrogens is 693 g/mol. The van der Waals surface area contributed by atoms with E-state index in [-0.39, 0.29) is 35.6 Å². The Labute approximate surface area is 327 Å². The molecule has 2 unspecified atom stereocenters. The highest BCUT2D eigenvalue weighted by Crippen LogP contribution is 2.33. The average Bonchev–Trinajstić information content (AvgIpc) is 3.47. The van der Waals surface area contributed by atoms with Gasteiger partial charge in [-0.25, -0.2) is 4.79 Å². The van der Waals surface area contributed by atoms with Gasteiger partial charge in [-0.1, -0.05) is 159 Å². The first-order chi connectivity index (χ1) is 26.8. The van der Waals surface area contributed by atoms with Gasteiger partial charge in [0, 0.05) is 17.9 Å². The van der Waals surface area contributed by atoms with Crippen LogP contribution in [0.3, 0.4) is 0 Å². The molecule has 0 aromatic heterocycles. The van der Waals surface area contributed by atoms with Gasteiger partial charge < -0.3 is 14.8 Å². The SMILES string of the molecule is CCCCCCCCCCCCCCOC(=O)c1ccc(Oc2ccccc2)c(NC(=O)C(C(=O)c2ccccc2)N2C(=O)CC(CCCCCC)C2=O)c1. The van der Waals surface area contributed by atoms with E-state index in [9.17, 15) is 24.0 Å². The number of ether oxygens (including phenoxy) is 2. The monoisotopic (exact) mass is 752 g/mol. The fraction of sp³-hybridized carbons (Fsp3) is 0.500. The van der Waals surface area contributed by atoms with E-state index in [1.807, 2.05) is 6.07 Å². The molecule has 1 N–H and O–H groups in total. The third-order valence-corrected chi connectivity index (χ3v) is 10.2. The van der Waals surface area contributed by atoms with Gasteiger partial charge in [0.2, 0.25) is 11.8 Å². The van der Waals surface area contributed by atoms with Gasteiger partial charge in [0.25, 0.3) is 5.91 Å². The molecule has 0 saturated carbocycles. The van der Waals surface area contributed by atoms with Gasteiger partial charge in [-0.15, -0.1) is 0 Å². The molecule has 4 rings (SSSR count). The first-order valence-corrected chi connectivity index (χ1v) is 20.6. The molecule has 1 aliphatic rings. The number of rotatable bonds is 26. The molecule has 1 aliphatic heterocycles. The van der Waals surface area contributed by atoms with Crippen molar-refractivity contribution in [3.63, 3.8) is 0 Å². The van der Waals surface area contributed by atoms with E-state index in [0.717, 1.165) is 49.8 Å². The van der Waals surface area contributed by atoms with Crippen molar-refractivity contribution < 1.29 is 33.4 Å². The van der Waals surface area contributed by atoms with Crippen LogP contribution in [-0.2, 0) is 19.1 Å². The summed E-state index contributed by atoms with van der Waals surface area (Å²) in [7, 11) is 0. The minimum absolute atomic E-state index is 0.0559. The van der Waals surface area contributed by atoms with Crippen molar-refractivity contribution >= 4 is 35.2 Å². The second-order valence-electron chi connectivity index (χ2n) is 14.6. The highest BCUT2D eigenvalue weighted by molar-refractivity contribution is 6.22. The molecule has 1 saturated heterocycles. The maximum atomic E-state index is 14.3. The van der Waals surface area contributed by atoms with Crippen LogP contribution in [0.15, 0.2) is 78.9 Å². The number of hydrogen-bond donors (Lipinski definition) is 1. The number of likely N-dealkylation sites (tertiary alicyclic amines) is 1. The molecule has 0 bridgehead atoms. The van der Waals surface area contributed by atoms with E-state index in [4.69, 9.17) is 9.47 Å². The Kier molecular flexibility index (Phi) is 18.6. The molecule has 9 nitrogen and oxygen atoms in total. The number of carbonyl (C=O) groups is 5. The number of nitrogens with zero attached hydrogens (tertiary/aromatic N) is 1. The molecule has 1 heterocycles. The van der Waals surface area contributed by atoms with E-state index >= 15 is 0 Å². The number of anilines is 1. The number of para-hydroxylation sites is 1. The van der Waals surface area contributed by atoms with Crippen LogP contribution in [0, 0.1) is 5.92 Å². The quantitative estimate of drug-likeness (QED) is 0.0285. The largest absolute Gasteiger partial charge is 0.462 e. The normalized spacial score (nSPS) is 14.5. The number of carbonyl (C=O) groups excluding carboxylic acids is 5. The second-order valence-corrected chi connectivity index (χ2v) is 14.6. The Morgan fingerprint density at radius 3 is 1.87 bits per heavy atom. The van der Waals surface area contributed by atoms with Crippen LogP contribution >= 0.6 is 0 Å². The van der Waals surface area contributed by atoms with Crippen LogP contribution in [0.1, 0.15) is 150 Å². The number of unbranched alkanes of at least 4 members (excludes halogenated alkanes) is 14. The smallest absolute Gasteiger partial charge is 0.338 e. The number of hydrogen-bond acceptors (Lipinski definition) is 7. The Hall–Kier alpha value is -4.79. The number of Topliss-reactive ketones (excluding diaryl/α,β-unsaturated/α-hetero) is 1. The van der Waals surface area contributed by atoms with Crippen LogP contribution in [0.2, 0.25) is 0 Å². The maximum absolute atomic E-state index is 14.3. The topological polar surface area (TPSA) is 119 Å². The number of nitrogens with one attached hydrogen (secondary N) is 1. The molecule has 2 atom stereocenters. The number of imide groups is 1. The van der Waals surface area contributed by atoms with Gasteiger partial charge in [0.05, 0.1) is 17.9 Å². The standard InChI is InChI=1S/C46H60N2O7/c1-3-5-7-9-10-11-12-13-14-15-16-24-32-54-46(53)37-30-31-40(55-38-28-22-18-23-29-38)39(33-37)47-44(51)42(43(50)35-25-20-17-21-26-35)48-41(49)34-36(45(48)52)27-19-8-6-4-2/h17-18,20-23,25-26,28-31,33,36,42H,3-16,19,24,27,32,34H2,1-2H3,(H,47,51). The minimum atomic E-state index is -1.76. The van der Waals surface area contributed by atoms with Crippen molar-refractivity contribution in [2.45, 2.75) is 135 Å². The lowest BCUT2D eigenvalue weighted by molar-refractivity contribution is -0.144. The zero-order chi connectivity index (χ0) is 39.3. The summed E-state index contributed by atoms with van der Waals surface area (Å²) in [4.78, 5) is 69.4. The Balaban J connectivity index is 1.45. The fourth-order valence-electron chi connectivity index (χ4n) is 7.00. The van der Waals surface area contributed by atoms with Crippen molar-refractivity contribution in [1.29, 1.82) is 0 Å². The van der Waals surface area contributed by atoms with E-state index in [1.165, 1.54) is 63.9 Å². The van der Waals surface area contributed by atoms with Crippen molar-refractivity contribution in [2.24, 2.45) is 5.92 Å². The molecule has 296 valence electrons. The van der Waals surface area contributed by atoms with E-state index in [1.54, 1.807) is 66.7 Å². The second kappa shape index (κ2) is 23.9. The van der Waals surface area contributed by atoms with Crippen molar-refractivity contribution in [3.8, 4) is 11.5 Å². The lowest BCUT2D eigenvalue weighted by atomic mass is 9.98. The van der Waals surface area contributed by atoms with Gasteiger partial charge in [-0.05, 0) is 43.2 Å². The number of ketones is 1. The Bertz CT molecular complexity index is 1660. The highest BCUT2D eigenvalue weighted by atomic mass is 16.5. The Morgan fingerprint density at radius 1 is 0.691 bits per heavy atom. The molecular formula is C46H60N2O7. The summed E-state index contributed by atoms with van der Waals surface area (Å²) in [5.41, 5.74) is 0.460. The van der Waals surface area contributed by atoms with Crippen molar-refractivity contribution in [3.05, 3.63) is 90.0 Å². The van der Waals surface area contributed by atoms with Crippen LogP contribution in [-0.4, -0.2) is 47.0 Å². The van der Waals surface area contributed by atoms with Gasteiger partial charge in [-0.3, -0.25) is 24.1 Å². The summed E-state index contributed by atoms with van der Waals surface area (Å²) in [5.74, 6) is -3.13. The molecule has 0 aliphatic carbocycles. The first-order valence-electron chi connectivity index (χ1n) is 20.6. The number of amides is 3.